The normalized spacial score (nSPS) is 12.1. The Hall–Kier alpha value is -3.07. The molecule has 1 atom stereocenters. The molecule has 1 N–H and O–H groups in total. The summed E-state index contributed by atoms with van der Waals surface area (Å²) < 4.78 is 31.7. The molecule has 0 aliphatic carbocycles. The molecular formula is C26H37N3O5S. The van der Waals surface area contributed by atoms with Crippen molar-refractivity contribution >= 4 is 27.5 Å². The Morgan fingerprint density at radius 2 is 1.74 bits per heavy atom. The molecule has 0 saturated heterocycles. The molecule has 0 saturated carbocycles. The van der Waals surface area contributed by atoms with Gasteiger partial charge in [-0.2, -0.15) is 0 Å². The first-order chi connectivity index (χ1) is 16.5. The smallest absolute Gasteiger partial charge is 0.244 e. The summed E-state index contributed by atoms with van der Waals surface area (Å²) in [6.45, 7) is 7.67. The van der Waals surface area contributed by atoms with Gasteiger partial charge in [-0.3, -0.25) is 13.9 Å². The number of benzene rings is 2. The van der Waals surface area contributed by atoms with Gasteiger partial charge in [-0.1, -0.05) is 43.2 Å². The number of ether oxygens (including phenoxy) is 1. The largest absolute Gasteiger partial charge is 0.497 e. The monoisotopic (exact) mass is 503 g/mol. The predicted octanol–water partition coefficient (Wildman–Crippen LogP) is 3.41. The maximum absolute atomic E-state index is 13.6. The van der Waals surface area contributed by atoms with Crippen molar-refractivity contribution in [3.63, 3.8) is 0 Å². The van der Waals surface area contributed by atoms with Crippen LogP contribution in [0.15, 0.2) is 42.5 Å². The van der Waals surface area contributed by atoms with Crippen molar-refractivity contribution in [1.29, 1.82) is 0 Å². The number of methoxy groups -OCH3 is 1. The van der Waals surface area contributed by atoms with E-state index in [1.807, 2.05) is 45.0 Å². The van der Waals surface area contributed by atoms with Crippen LogP contribution < -0.4 is 14.4 Å². The molecule has 2 aromatic rings. The van der Waals surface area contributed by atoms with Crippen molar-refractivity contribution in [2.45, 2.75) is 53.1 Å². The van der Waals surface area contributed by atoms with Crippen LogP contribution in [0.3, 0.4) is 0 Å². The molecule has 35 heavy (non-hydrogen) atoms. The number of aryl methyl sites for hydroxylation is 2. The maximum atomic E-state index is 13.6. The van der Waals surface area contributed by atoms with Gasteiger partial charge in [0.15, 0.2) is 0 Å². The molecule has 0 aliphatic heterocycles. The van der Waals surface area contributed by atoms with Crippen LogP contribution in [0.25, 0.3) is 0 Å². The first-order valence-corrected chi connectivity index (χ1v) is 13.6. The zero-order valence-electron chi connectivity index (χ0n) is 21.5. The number of anilines is 1. The summed E-state index contributed by atoms with van der Waals surface area (Å²) in [5.41, 5.74) is 2.97. The Morgan fingerprint density at radius 3 is 2.29 bits per heavy atom. The van der Waals surface area contributed by atoms with Crippen LogP contribution in [0.1, 0.15) is 43.4 Å². The molecule has 0 bridgehead atoms. The minimum atomic E-state index is -3.76. The SMILES string of the molecule is CCCCNC(=O)[C@H](C)N(Cc1ccc(OC)cc1)C(=O)CN(c1ccc(C)cc1C)S(C)(=O)=O. The fourth-order valence-corrected chi connectivity index (χ4v) is 4.63. The lowest BCUT2D eigenvalue weighted by Crippen LogP contribution is -2.51. The third-order valence-corrected chi connectivity index (χ3v) is 6.94. The van der Waals surface area contributed by atoms with E-state index in [0.717, 1.165) is 40.1 Å². The molecule has 0 fully saturated rings. The number of amides is 2. The summed E-state index contributed by atoms with van der Waals surface area (Å²) in [5.74, 6) is -0.0721. The van der Waals surface area contributed by atoms with E-state index in [1.54, 1.807) is 32.2 Å². The van der Waals surface area contributed by atoms with Crippen LogP contribution in [-0.4, -0.2) is 57.6 Å². The Bertz CT molecular complexity index is 1120. The Kier molecular flexibility index (Phi) is 10.1. The van der Waals surface area contributed by atoms with E-state index in [9.17, 15) is 18.0 Å². The number of carbonyl (C=O) groups is 2. The highest BCUT2D eigenvalue weighted by atomic mass is 32.2. The number of carbonyl (C=O) groups excluding carboxylic acids is 2. The van der Waals surface area contributed by atoms with E-state index in [1.165, 1.54) is 4.90 Å². The molecule has 8 nitrogen and oxygen atoms in total. The molecule has 9 heteroatoms. The topological polar surface area (TPSA) is 96.0 Å². The first-order valence-electron chi connectivity index (χ1n) is 11.7. The van der Waals surface area contributed by atoms with Gasteiger partial charge in [0.2, 0.25) is 21.8 Å². The zero-order valence-corrected chi connectivity index (χ0v) is 22.3. The highest BCUT2D eigenvalue weighted by Gasteiger charge is 2.30. The summed E-state index contributed by atoms with van der Waals surface area (Å²) >= 11 is 0. The van der Waals surface area contributed by atoms with Crippen LogP contribution in [0.4, 0.5) is 5.69 Å². The second-order valence-electron chi connectivity index (χ2n) is 8.75. The van der Waals surface area contributed by atoms with E-state index in [0.29, 0.717) is 18.0 Å². The number of unbranched alkanes of at least 4 members (excludes halogenated alkanes) is 1. The average molecular weight is 504 g/mol. The number of nitrogens with one attached hydrogen (secondary N) is 1. The zero-order chi connectivity index (χ0) is 26.2. The van der Waals surface area contributed by atoms with Crippen LogP contribution >= 0.6 is 0 Å². The molecule has 0 radical (unpaired) electrons. The van der Waals surface area contributed by atoms with Gasteiger partial charge in [0.05, 0.1) is 19.1 Å². The molecule has 0 spiro atoms. The highest BCUT2D eigenvalue weighted by Crippen LogP contribution is 2.24. The standard InChI is InChI=1S/C26H37N3O5S/c1-7-8-15-27-26(31)21(4)28(17-22-10-12-23(34-5)13-11-22)25(30)18-29(35(6,32)33)24-14-9-19(2)16-20(24)3/h9-14,16,21H,7-8,15,17-18H2,1-6H3,(H,27,31)/t21-/m0/s1. The molecule has 2 rings (SSSR count). The number of hydrogen-bond acceptors (Lipinski definition) is 5. The van der Waals surface area contributed by atoms with E-state index in [4.69, 9.17) is 4.74 Å². The van der Waals surface area contributed by atoms with E-state index in [-0.39, 0.29) is 12.5 Å². The number of nitrogens with zero attached hydrogens (tertiary/aromatic N) is 2. The van der Waals surface area contributed by atoms with Gasteiger partial charge >= 0.3 is 0 Å². The third-order valence-electron chi connectivity index (χ3n) is 5.81. The van der Waals surface area contributed by atoms with Crippen molar-refractivity contribution < 1.29 is 22.7 Å². The summed E-state index contributed by atoms with van der Waals surface area (Å²) in [7, 11) is -2.19. The molecule has 192 valence electrons. The van der Waals surface area contributed by atoms with Gasteiger partial charge in [0.25, 0.3) is 0 Å². The number of sulfonamides is 1. The summed E-state index contributed by atoms with van der Waals surface area (Å²) in [6.07, 6.45) is 2.84. The van der Waals surface area contributed by atoms with Gasteiger partial charge in [0, 0.05) is 13.1 Å². The lowest BCUT2D eigenvalue weighted by Gasteiger charge is -2.32. The summed E-state index contributed by atoms with van der Waals surface area (Å²) in [6, 6.07) is 11.8. The van der Waals surface area contributed by atoms with Gasteiger partial charge in [0.1, 0.15) is 18.3 Å². The van der Waals surface area contributed by atoms with Gasteiger partial charge in [-0.05, 0) is 56.5 Å². The highest BCUT2D eigenvalue weighted by molar-refractivity contribution is 7.92. The Morgan fingerprint density at radius 1 is 1.09 bits per heavy atom. The number of rotatable bonds is 12. The quantitative estimate of drug-likeness (QED) is 0.448. The van der Waals surface area contributed by atoms with Crippen molar-refractivity contribution in [2.75, 3.05) is 30.8 Å². The minimum Gasteiger partial charge on any atom is -0.497 e. The van der Waals surface area contributed by atoms with Crippen LogP contribution in [0, 0.1) is 13.8 Å². The molecule has 0 unspecified atom stereocenters. The maximum Gasteiger partial charge on any atom is 0.244 e. The molecule has 0 aliphatic rings. The van der Waals surface area contributed by atoms with E-state index in [2.05, 4.69) is 5.32 Å². The van der Waals surface area contributed by atoms with Gasteiger partial charge in [-0.25, -0.2) is 8.42 Å². The van der Waals surface area contributed by atoms with Crippen LogP contribution in [-0.2, 0) is 26.2 Å². The fraction of sp³-hybridized carbons (Fsp3) is 0.462. The molecular weight excluding hydrogens is 466 g/mol. The molecule has 2 aromatic carbocycles. The fourth-order valence-electron chi connectivity index (χ4n) is 3.73. The van der Waals surface area contributed by atoms with Crippen molar-refractivity contribution in [2.24, 2.45) is 0 Å². The van der Waals surface area contributed by atoms with Crippen molar-refractivity contribution in [1.82, 2.24) is 10.2 Å². The lowest BCUT2D eigenvalue weighted by molar-refractivity contribution is -0.139. The Balaban J connectivity index is 2.37. The second kappa shape index (κ2) is 12.6. The summed E-state index contributed by atoms with van der Waals surface area (Å²) in [4.78, 5) is 27.8. The average Bonchev–Trinajstić information content (AvgIpc) is 2.80. The molecule has 0 heterocycles. The van der Waals surface area contributed by atoms with E-state index >= 15 is 0 Å². The van der Waals surface area contributed by atoms with Crippen molar-refractivity contribution in [3.05, 3.63) is 59.2 Å². The molecule has 2 amide bonds. The van der Waals surface area contributed by atoms with E-state index < -0.39 is 28.5 Å². The molecule has 0 aromatic heterocycles. The second-order valence-corrected chi connectivity index (χ2v) is 10.7. The first kappa shape index (κ1) is 28.2. The number of hydrogen-bond donors (Lipinski definition) is 1. The minimum absolute atomic E-state index is 0.148. The summed E-state index contributed by atoms with van der Waals surface area (Å²) in [5, 5.41) is 2.87. The van der Waals surface area contributed by atoms with Gasteiger partial charge in [-0.15, -0.1) is 0 Å². The Labute approximate surface area is 209 Å². The van der Waals surface area contributed by atoms with Gasteiger partial charge < -0.3 is 15.0 Å². The van der Waals surface area contributed by atoms with Crippen molar-refractivity contribution in [3.8, 4) is 5.75 Å². The van der Waals surface area contributed by atoms with Crippen LogP contribution in [0.5, 0.6) is 5.75 Å². The van der Waals surface area contributed by atoms with Crippen LogP contribution in [0.2, 0.25) is 0 Å². The lowest BCUT2D eigenvalue weighted by atomic mass is 10.1. The predicted molar refractivity (Wildman–Crippen MR) is 139 cm³/mol. The third kappa shape index (κ3) is 7.99.